The summed E-state index contributed by atoms with van der Waals surface area (Å²) in [4.78, 5) is 0. The van der Waals surface area contributed by atoms with Crippen LogP contribution < -0.4 is 0 Å². The summed E-state index contributed by atoms with van der Waals surface area (Å²) in [5.74, 6) is 0.843. The van der Waals surface area contributed by atoms with Crippen LogP contribution in [0.15, 0.2) is 53.7 Å². The average molecular weight is 364 g/mol. The Labute approximate surface area is 148 Å². The summed E-state index contributed by atoms with van der Waals surface area (Å²) < 4.78 is 21.1. The zero-order chi connectivity index (χ0) is 16.9. The van der Waals surface area contributed by atoms with E-state index in [0.29, 0.717) is 39.6 Å². The highest BCUT2D eigenvalue weighted by atomic mass is 35.5. The third-order valence-electron chi connectivity index (χ3n) is 3.36. The summed E-state index contributed by atoms with van der Waals surface area (Å²) in [5, 5.41) is 9.59. The van der Waals surface area contributed by atoms with E-state index in [4.69, 9.17) is 16.3 Å². The molecule has 0 aliphatic carbocycles. The van der Waals surface area contributed by atoms with Gasteiger partial charge in [0.15, 0.2) is 11.0 Å². The van der Waals surface area contributed by atoms with Gasteiger partial charge in [-0.2, -0.15) is 0 Å². The second-order valence-electron chi connectivity index (χ2n) is 4.91. The first-order valence-electron chi connectivity index (χ1n) is 7.29. The van der Waals surface area contributed by atoms with Crippen molar-refractivity contribution in [3.05, 3.63) is 59.4 Å². The highest BCUT2D eigenvalue weighted by molar-refractivity contribution is 7.99. The first-order chi connectivity index (χ1) is 11.7. The number of hydrogen-bond donors (Lipinski definition) is 0. The van der Waals surface area contributed by atoms with Crippen molar-refractivity contribution in [1.29, 1.82) is 0 Å². The van der Waals surface area contributed by atoms with Crippen LogP contribution in [0.5, 0.6) is 0 Å². The molecular weight excluding hydrogens is 349 g/mol. The van der Waals surface area contributed by atoms with E-state index in [9.17, 15) is 4.39 Å². The van der Waals surface area contributed by atoms with Gasteiger partial charge in [-0.1, -0.05) is 47.6 Å². The summed E-state index contributed by atoms with van der Waals surface area (Å²) in [6, 6.07) is 13.8. The molecule has 3 aromatic rings. The van der Waals surface area contributed by atoms with Crippen LogP contribution in [-0.4, -0.2) is 34.2 Å². The van der Waals surface area contributed by atoms with E-state index in [-0.39, 0.29) is 5.82 Å². The van der Waals surface area contributed by atoms with E-state index >= 15 is 0 Å². The Bertz CT molecular complexity index is 840. The summed E-state index contributed by atoms with van der Waals surface area (Å²) in [7, 11) is 1.64. The van der Waals surface area contributed by atoms with Crippen LogP contribution in [0.25, 0.3) is 17.1 Å². The van der Waals surface area contributed by atoms with Crippen LogP contribution in [0.4, 0.5) is 4.39 Å². The zero-order valence-corrected chi connectivity index (χ0v) is 14.5. The molecule has 0 bridgehead atoms. The molecule has 0 spiro atoms. The van der Waals surface area contributed by atoms with E-state index in [0.717, 1.165) is 0 Å². The van der Waals surface area contributed by atoms with Crippen molar-refractivity contribution < 1.29 is 9.13 Å². The van der Waals surface area contributed by atoms with Gasteiger partial charge in [0.05, 0.1) is 17.3 Å². The smallest absolute Gasteiger partial charge is 0.196 e. The number of rotatable bonds is 6. The molecule has 1 aromatic heterocycles. The lowest BCUT2D eigenvalue weighted by atomic mass is 10.2. The summed E-state index contributed by atoms with van der Waals surface area (Å²) in [6.07, 6.45) is 0. The highest BCUT2D eigenvalue weighted by Gasteiger charge is 2.19. The van der Waals surface area contributed by atoms with Gasteiger partial charge in [0.25, 0.3) is 0 Å². The molecule has 24 heavy (non-hydrogen) atoms. The summed E-state index contributed by atoms with van der Waals surface area (Å²) in [5.41, 5.74) is 1.09. The number of nitrogens with zero attached hydrogens (tertiary/aromatic N) is 3. The predicted molar refractivity (Wildman–Crippen MR) is 94.4 cm³/mol. The molecule has 0 amide bonds. The molecule has 0 fully saturated rings. The van der Waals surface area contributed by atoms with Crippen molar-refractivity contribution in [3.63, 3.8) is 0 Å². The van der Waals surface area contributed by atoms with Gasteiger partial charge in [0.1, 0.15) is 5.82 Å². The van der Waals surface area contributed by atoms with Gasteiger partial charge in [0.2, 0.25) is 0 Å². The Hall–Kier alpha value is -1.89. The van der Waals surface area contributed by atoms with Crippen molar-refractivity contribution in [2.45, 2.75) is 5.16 Å². The number of ether oxygens (including phenoxy) is 1. The normalized spacial score (nSPS) is 11.0. The molecule has 0 atom stereocenters. The van der Waals surface area contributed by atoms with Gasteiger partial charge in [-0.25, -0.2) is 4.39 Å². The van der Waals surface area contributed by atoms with Gasteiger partial charge in [-0.15, -0.1) is 10.2 Å². The van der Waals surface area contributed by atoms with Crippen LogP contribution in [0.2, 0.25) is 5.02 Å². The maximum absolute atomic E-state index is 14.4. The highest BCUT2D eigenvalue weighted by Crippen LogP contribution is 2.32. The first kappa shape index (κ1) is 17.0. The molecule has 0 N–H and O–H groups in total. The van der Waals surface area contributed by atoms with Gasteiger partial charge in [0, 0.05) is 18.4 Å². The van der Waals surface area contributed by atoms with E-state index in [1.54, 1.807) is 35.9 Å². The van der Waals surface area contributed by atoms with Crippen molar-refractivity contribution in [2.24, 2.45) is 0 Å². The molecule has 0 unspecified atom stereocenters. The average Bonchev–Trinajstić information content (AvgIpc) is 2.99. The van der Waals surface area contributed by atoms with E-state index in [1.807, 2.05) is 18.2 Å². The van der Waals surface area contributed by atoms with Crippen molar-refractivity contribution >= 4 is 23.4 Å². The topological polar surface area (TPSA) is 39.9 Å². The molecule has 0 saturated carbocycles. The molecule has 3 rings (SSSR count). The number of aromatic nitrogens is 3. The van der Waals surface area contributed by atoms with Crippen LogP contribution in [0, 0.1) is 5.82 Å². The Balaban J connectivity index is 2.13. The van der Waals surface area contributed by atoms with Crippen LogP contribution in [0.3, 0.4) is 0 Å². The number of thioether (sulfide) groups is 1. The molecular formula is C17H15ClFN3OS. The number of benzene rings is 2. The fraction of sp³-hybridized carbons (Fsp3) is 0.176. The quantitative estimate of drug-likeness (QED) is 0.478. The van der Waals surface area contributed by atoms with Gasteiger partial charge < -0.3 is 4.74 Å². The Morgan fingerprint density at radius 2 is 1.88 bits per heavy atom. The first-order valence-corrected chi connectivity index (χ1v) is 8.65. The second-order valence-corrected chi connectivity index (χ2v) is 6.38. The minimum atomic E-state index is -0.348. The molecule has 7 heteroatoms. The van der Waals surface area contributed by atoms with E-state index in [2.05, 4.69) is 10.2 Å². The lowest BCUT2D eigenvalue weighted by Crippen LogP contribution is -2.03. The lowest BCUT2D eigenvalue weighted by molar-refractivity contribution is 0.218. The maximum Gasteiger partial charge on any atom is 0.196 e. The van der Waals surface area contributed by atoms with Crippen LogP contribution >= 0.6 is 23.4 Å². The molecule has 1 heterocycles. The van der Waals surface area contributed by atoms with E-state index < -0.39 is 0 Å². The largest absolute Gasteiger partial charge is 0.384 e. The minimum absolute atomic E-state index is 0.348. The number of methoxy groups -OCH3 is 1. The molecule has 0 aliphatic rings. The minimum Gasteiger partial charge on any atom is -0.384 e. The Morgan fingerprint density at radius 1 is 1.12 bits per heavy atom. The molecule has 124 valence electrons. The third-order valence-corrected chi connectivity index (χ3v) is 4.58. The molecule has 2 aromatic carbocycles. The van der Waals surface area contributed by atoms with Gasteiger partial charge in [-0.3, -0.25) is 4.57 Å². The summed E-state index contributed by atoms with van der Waals surface area (Å²) >= 11 is 7.74. The Kier molecular flexibility index (Phi) is 5.50. The fourth-order valence-electron chi connectivity index (χ4n) is 2.25. The van der Waals surface area contributed by atoms with Crippen LogP contribution in [-0.2, 0) is 4.74 Å². The predicted octanol–water partition coefficient (Wildman–Crippen LogP) is 4.47. The number of para-hydroxylation sites is 1. The lowest BCUT2D eigenvalue weighted by Gasteiger charge is -2.11. The zero-order valence-electron chi connectivity index (χ0n) is 12.9. The molecule has 0 radical (unpaired) electrons. The van der Waals surface area contributed by atoms with E-state index in [1.165, 1.54) is 17.8 Å². The summed E-state index contributed by atoms with van der Waals surface area (Å²) in [6.45, 7) is 0.566. The maximum atomic E-state index is 14.4. The number of halogens is 2. The molecule has 0 aliphatic heterocycles. The van der Waals surface area contributed by atoms with Crippen molar-refractivity contribution in [2.75, 3.05) is 19.5 Å². The SMILES string of the molecule is COCCSc1nnc(-c2ccccc2Cl)n1-c1ccccc1F. The van der Waals surface area contributed by atoms with Gasteiger partial charge >= 0.3 is 0 Å². The molecule has 4 nitrogen and oxygen atoms in total. The second kappa shape index (κ2) is 7.79. The monoisotopic (exact) mass is 363 g/mol. The fourth-order valence-corrected chi connectivity index (χ4v) is 3.31. The van der Waals surface area contributed by atoms with Crippen molar-refractivity contribution in [3.8, 4) is 17.1 Å². The standard InChI is InChI=1S/C17H15ClFN3OS/c1-23-10-11-24-17-21-20-16(12-6-2-3-7-13(12)18)22(17)15-9-5-4-8-14(15)19/h2-9H,10-11H2,1H3. The van der Waals surface area contributed by atoms with Gasteiger partial charge in [-0.05, 0) is 24.3 Å². The van der Waals surface area contributed by atoms with Crippen LogP contribution in [0.1, 0.15) is 0 Å². The molecule has 0 saturated heterocycles. The number of hydrogen-bond acceptors (Lipinski definition) is 4. The van der Waals surface area contributed by atoms with Crippen molar-refractivity contribution in [1.82, 2.24) is 14.8 Å². The third kappa shape index (κ3) is 3.45. The Morgan fingerprint density at radius 3 is 2.62 bits per heavy atom.